The highest BCUT2D eigenvalue weighted by atomic mass is 15.1. The SMILES string of the molecule is CCCNc1nc(CC)nc(NCC(C)C)c1C. The second-order valence-electron chi connectivity index (χ2n) is 5.02. The van der Waals surface area contributed by atoms with Crippen LogP contribution < -0.4 is 10.6 Å². The zero-order chi connectivity index (χ0) is 13.5. The van der Waals surface area contributed by atoms with Crippen LogP contribution in [0.2, 0.25) is 0 Å². The quantitative estimate of drug-likeness (QED) is 0.780. The molecule has 0 aliphatic carbocycles. The fourth-order valence-corrected chi connectivity index (χ4v) is 1.61. The van der Waals surface area contributed by atoms with Crippen molar-refractivity contribution >= 4 is 11.6 Å². The number of aryl methyl sites for hydroxylation is 1. The number of hydrogen-bond donors (Lipinski definition) is 2. The Balaban J connectivity index is 2.92. The maximum absolute atomic E-state index is 4.57. The lowest BCUT2D eigenvalue weighted by molar-refractivity contribution is 0.685. The van der Waals surface area contributed by atoms with Gasteiger partial charge in [-0.1, -0.05) is 27.7 Å². The Morgan fingerprint density at radius 3 is 2.17 bits per heavy atom. The van der Waals surface area contributed by atoms with Crippen molar-refractivity contribution in [2.45, 2.75) is 47.5 Å². The van der Waals surface area contributed by atoms with E-state index in [0.717, 1.165) is 49.0 Å². The lowest BCUT2D eigenvalue weighted by Gasteiger charge is -2.15. The van der Waals surface area contributed by atoms with Crippen molar-refractivity contribution in [2.75, 3.05) is 23.7 Å². The van der Waals surface area contributed by atoms with Crippen LogP contribution in [0.25, 0.3) is 0 Å². The van der Waals surface area contributed by atoms with E-state index in [2.05, 4.69) is 55.2 Å². The molecule has 0 amide bonds. The third kappa shape index (κ3) is 4.17. The Morgan fingerprint density at radius 1 is 1.06 bits per heavy atom. The van der Waals surface area contributed by atoms with Gasteiger partial charge in [-0.25, -0.2) is 9.97 Å². The minimum atomic E-state index is 0.608. The van der Waals surface area contributed by atoms with Gasteiger partial charge in [0.15, 0.2) is 0 Å². The topological polar surface area (TPSA) is 49.8 Å². The fourth-order valence-electron chi connectivity index (χ4n) is 1.61. The fraction of sp³-hybridized carbons (Fsp3) is 0.714. The van der Waals surface area contributed by atoms with E-state index in [-0.39, 0.29) is 0 Å². The molecule has 2 N–H and O–H groups in total. The molecule has 0 atom stereocenters. The van der Waals surface area contributed by atoms with Gasteiger partial charge >= 0.3 is 0 Å². The van der Waals surface area contributed by atoms with Crippen LogP contribution in [0.5, 0.6) is 0 Å². The van der Waals surface area contributed by atoms with E-state index in [1.807, 2.05) is 0 Å². The second kappa shape index (κ2) is 7.19. The summed E-state index contributed by atoms with van der Waals surface area (Å²) in [6.45, 7) is 12.6. The Bertz CT molecular complexity index is 374. The van der Waals surface area contributed by atoms with Crippen LogP contribution in [-0.2, 0) is 6.42 Å². The predicted octanol–water partition coefficient (Wildman–Crippen LogP) is 3.24. The summed E-state index contributed by atoms with van der Waals surface area (Å²) < 4.78 is 0. The Kier molecular flexibility index (Phi) is 5.89. The molecule has 0 radical (unpaired) electrons. The molecular formula is C14H26N4. The number of rotatable bonds is 7. The molecule has 0 aliphatic heterocycles. The Hall–Kier alpha value is -1.32. The largest absolute Gasteiger partial charge is 0.370 e. The van der Waals surface area contributed by atoms with Gasteiger partial charge in [0.1, 0.15) is 17.5 Å². The van der Waals surface area contributed by atoms with Crippen LogP contribution in [0.1, 0.15) is 45.5 Å². The molecule has 18 heavy (non-hydrogen) atoms. The predicted molar refractivity (Wildman–Crippen MR) is 78.3 cm³/mol. The third-order valence-electron chi connectivity index (χ3n) is 2.73. The number of anilines is 2. The molecule has 0 spiro atoms. The molecule has 0 aromatic carbocycles. The molecule has 0 unspecified atom stereocenters. The normalized spacial score (nSPS) is 10.8. The smallest absolute Gasteiger partial charge is 0.134 e. The first-order chi connectivity index (χ1) is 8.58. The van der Waals surface area contributed by atoms with Crippen molar-refractivity contribution in [1.29, 1.82) is 0 Å². The van der Waals surface area contributed by atoms with Crippen molar-refractivity contribution in [3.05, 3.63) is 11.4 Å². The van der Waals surface area contributed by atoms with Gasteiger partial charge in [-0.15, -0.1) is 0 Å². The lowest BCUT2D eigenvalue weighted by atomic mass is 10.2. The first kappa shape index (κ1) is 14.7. The number of nitrogens with zero attached hydrogens (tertiary/aromatic N) is 2. The molecular weight excluding hydrogens is 224 g/mol. The summed E-state index contributed by atoms with van der Waals surface area (Å²) in [6.07, 6.45) is 1.96. The van der Waals surface area contributed by atoms with E-state index in [0.29, 0.717) is 5.92 Å². The third-order valence-corrected chi connectivity index (χ3v) is 2.73. The highest BCUT2D eigenvalue weighted by Crippen LogP contribution is 2.20. The maximum Gasteiger partial charge on any atom is 0.134 e. The Morgan fingerprint density at radius 2 is 1.67 bits per heavy atom. The van der Waals surface area contributed by atoms with E-state index in [9.17, 15) is 0 Å². The monoisotopic (exact) mass is 250 g/mol. The highest BCUT2D eigenvalue weighted by Gasteiger charge is 2.09. The van der Waals surface area contributed by atoms with Crippen molar-refractivity contribution in [3.63, 3.8) is 0 Å². The van der Waals surface area contributed by atoms with Crippen molar-refractivity contribution in [2.24, 2.45) is 5.92 Å². The molecule has 102 valence electrons. The molecule has 4 heteroatoms. The summed E-state index contributed by atoms with van der Waals surface area (Å²) in [6, 6.07) is 0. The second-order valence-corrected chi connectivity index (χ2v) is 5.02. The molecule has 0 fully saturated rings. The summed E-state index contributed by atoms with van der Waals surface area (Å²) in [5, 5.41) is 6.79. The summed E-state index contributed by atoms with van der Waals surface area (Å²) >= 11 is 0. The first-order valence-corrected chi connectivity index (χ1v) is 6.93. The molecule has 1 aromatic heterocycles. The van der Waals surface area contributed by atoms with Crippen LogP contribution in [0.15, 0.2) is 0 Å². The zero-order valence-corrected chi connectivity index (χ0v) is 12.3. The van der Waals surface area contributed by atoms with Crippen LogP contribution in [-0.4, -0.2) is 23.1 Å². The van der Waals surface area contributed by atoms with Crippen LogP contribution >= 0.6 is 0 Å². The van der Waals surface area contributed by atoms with Crippen molar-refractivity contribution < 1.29 is 0 Å². The summed E-state index contributed by atoms with van der Waals surface area (Å²) in [5.41, 5.74) is 1.11. The van der Waals surface area contributed by atoms with E-state index in [1.165, 1.54) is 0 Å². The van der Waals surface area contributed by atoms with Gasteiger partial charge < -0.3 is 10.6 Å². The standard InChI is InChI=1S/C14H26N4/c1-6-8-15-13-11(5)14(16-9-10(3)4)18-12(7-2)17-13/h10H,6-9H2,1-5H3,(H2,15,16,17,18). The average Bonchev–Trinajstić information content (AvgIpc) is 2.35. The zero-order valence-electron chi connectivity index (χ0n) is 12.3. The van der Waals surface area contributed by atoms with Crippen LogP contribution in [0.3, 0.4) is 0 Å². The summed E-state index contributed by atoms with van der Waals surface area (Å²) in [4.78, 5) is 9.12. The molecule has 0 aliphatic rings. The van der Waals surface area contributed by atoms with E-state index in [4.69, 9.17) is 0 Å². The van der Waals surface area contributed by atoms with Gasteiger partial charge in [-0.05, 0) is 19.3 Å². The van der Waals surface area contributed by atoms with Crippen molar-refractivity contribution in [1.82, 2.24) is 9.97 Å². The molecule has 4 nitrogen and oxygen atoms in total. The summed E-state index contributed by atoms with van der Waals surface area (Å²) in [7, 11) is 0. The summed E-state index contributed by atoms with van der Waals surface area (Å²) in [5.74, 6) is 3.44. The van der Waals surface area contributed by atoms with E-state index >= 15 is 0 Å². The molecule has 1 aromatic rings. The Labute approximate surface area is 111 Å². The van der Waals surface area contributed by atoms with E-state index < -0.39 is 0 Å². The van der Waals surface area contributed by atoms with Gasteiger partial charge in [-0.3, -0.25) is 0 Å². The lowest BCUT2D eigenvalue weighted by Crippen LogP contribution is -2.14. The van der Waals surface area contributed by atoms with Gasteiger partial charge in [0.25, 0.3) is 0 Å². The van der Waals surface area contributed by atoms with E-state index in [1.54, 1.807) is 0 Å². The molecule has 0 bridgehead atoms. The van der Waals surface area contributed by atoms with Gasteiger partial charge in [-0.2, -0.15) is 0 Å². The van der Waals surface area contributed by atoms with Crippen LogP contribution in [0, 0.1) is 12.8 Å². The molecule has 1 rings (SSSR count). The minimum absolute atomic E-state index is 0.608. The number of hydrogen-bond acceptors (Lipinski definition) is 4. The maximum atomic E-state index is 4.57. The molecule has 0 saturated carbocycles. The average molecular weight is 250 g/mol. The number of aromatic nitrogens is 2. The molecule has 0 saturated heterocycles. The van der Waals surface area contributed by atoms with Gasteiger partial charge in [0.05, 0.1) is 0 Å². The van der Waals surface area contributed by atoms with Gasteiger partial charge in [0, 0.05) is 25.1 Å². The highest BCUT2D eigenvalue weighted by molar-refractivity contribution is 5.57. The number of nitrogens with one attached hydrogen (secondary N) is 2. The van der Waals surface area contributed by atoms with Gasteiger partial charge in [0.2, 0.25) is 0 Å². The van der Waals surface area contributed by atoms with Crippen LogP contribution in [0.4, 0.5) is 11.6 Å². The molecule has 1 heterocycles. The van der Waals surface area contributed by atoms with Crippen molar-refractivity contribution in [3.8, 4) is 0 Å². The minimum Gasteiger partial charge on any atom is -0.370 e. The first-order valence-electron chi connectivity index (χ1n) is 6.93.